The van der Waals surface area contributed by atoms with Crippen LogP contribution in [-0.4, -0.2) is 27.7 Å². The Morgan fingerprint density at radius 2 is 1.54 bits per heavy atom. The Balaban J connectivity index is 1.59. The molecule has 0 fully saturated rings. The maximum atomic E-state index is 10.9. The maximum Gasteiger partial charge on any atom is 0.341 e. The van der Waals surface area contributed by atoms with Gasteiger partial charge in [0.25, 0.3) is 0 Å². The topological polar surface area (TPSA) is 98.6 Å². The molecule has 2 aromatic heterocycles. The van der Waals surface area contributed by atoms with Crippen molar-refractivity contribution >= 4 is 5.97 Å². The number of carbonyl (C=O) groups is 1. The third-order valence-electron chi connectivity index (χ3n) is 5.49. The molecule has 0 aliphatic carbocycles. The lowest BCUT2D eigenvalue weighted by molar-refractivity contribution is -0.139. The summed E-state index contributed by atoms with van der Waals surface area (Å²) in [6, 6.07) is 23.1. The third-order valence-corrected chi connectivity index (χ3v) is 5.49. The highest BCUT2D eigenvalue weighted by Crippen LogP contribution is 2.39. The van der Waals surface area contributed by atoms with E-state index in [0.717, 1.165) is 22.3 Å². The summed E-state index contributed by atoms with van der Waals surface area (Å²) < 4.78 is 17.3. The number of carboxylic acids is 1. The molecule has 0 amide bonds. The molecule has 0 unspecified atom stereocenters. The number of aromatic nitrogens is 2. The summed E-state index contributed by atoms with van der Waals surface area (Å²) in [5.41, 5.74) is 5.93. The second kappa shape index (κ2) is 9.30. The average molecular weight is 466 g/mol. The largest absolute Gasteiger partial charge is 0.482 e. The molecule has 0 spiro atoms. The van der Waals surface area contributed by atoms with Crippen molar-refractivity contribution in [1.82, 2.24) is 9.97 Å². The number of nitrogens with zero attached hydrogens (tertiary/aromatic N) is 2. The average Bonchev–Trinajstić information content (AvgIpc) is 3.52. The van der Waals surface area contributed by atoms with Crippen molar-refractivity contribution in [3.63, 3.8) is 0 Å². The summed E-state index contributed by atoms with van der Waals surface area (Å²) in [4.78, 5) is 20.1. The van der Waals surface area contributed by atoms with Crippen molar-refractivity contribution in [3.8, 4) is 51.2 Å². The smallest absolute Gasteiger partial charge is 0.341 e. The highest BCUT2D eigenvalue weighted by Gasteiger charge is 2.23. The number of rotatable bonds is 7. The normalized spacial score (nSPS) is 10.9. The van der Waals surface area contributed by atoms with E-state index >= 15 is 0 Å². The number of hydrogen-bond acceptors (Lipinski definition) is 6. The quantitative estimate of drug-likeness (QED) is 0.296. The molecule has 5 aromatic rings. The zero-order chi connectivity index (χ0) is 24.4. The van der Waals surface area contributed by atoms with Gasteiger partial charge < -0.3 is 18.7 Å². The van der Waals surface area contributed by atoms with Crippen LogP contribution in [0.5, 0.6) is 5.75 Å². The molecule has 0 saturated heterocycles. The van der Waals surface area contributed by atoms with E-state index in [1.807, 2.05) is 68.4 Å². The summed E-state index contributed by atoms with van der Waals surface area (Å²) in [5, 5.41) is 8.89. The summed E-state index contributed by atoms with van der Waals surface area (Å²) in [7, 11) is 0. The van der Waals surface area contributed by atoms with Gasteiger partial charge in [-0.2, -0.15) is 0 Å². The third kappa shape index (κ3) is 4.70. The number of ether oxygens (including phenoxy) is 1. The summed E-state index contributed by atoms with van der Waals surface area (Å²) in [6.45, 7) is 3.63. The fraction of sp³-hybridized carbons (Fsp3) is 0.107. The lowest BCUT2D eigenvalue weighted by atomic mass is 10.0. The zero-order valence-corrected chi connectivity index (χ0v) is 19.2. The number of carboxylic acid groups (broad SMARTS) is 1. The van der Waals surface area contributed by atoms with Crippen molar-refractivity contribution in [2.75, 3.05) is 6.61 Å². The van der Waals surface area contributed by atoms with E-state index in [1.54, 1.807) is 18.2 Å². The van der Waals surface area contributed by atoms with Crippen LogP contribution < -0.4 is 4.74 Å². The molecule has 35 heavy (non-hydrogen) atoms. The first-order chi connectivity index (χ1) is 17.0. The first kappa shape index (κ1) is 22.2. The van der Waals surface area contributed by atoms with Crippen LogP contribution >= 0.6 is 0 Å². The number of aryl methyl sites for hydroxylation is 2. The fourth-order valence-corrected chi connectivity index (χ4v) is 3.70. The van der Waals surface area contributed by atoms with Crippen molar-refractivity contribution in [1.29, 1.82) is 0 Å². The monoisotopic (exact) mass is 466 g/mol. The molecule has 0 aliphatic heterocycles. The summed E-state index contributed by atoms with van der Waals surface area (Å²) in [6.07, 6.45) is 1.33. The highest BCUT2D eigenvalue weighted by atomic mass is 16.5. The first-order valence-corrected chi connectivity index (χ1v) is 11.0. The Morgan fingerprint density at radius 3 is 2.23 bits per heavy atom. The van der Waals surface area contributed by atoms with Crippen LogP contribution in [0.3, 0.4) is 0 Å². The lowest BCUT2D eigenvalue weighted by Gasteiger charge is -2.05. The molecule has 0 atom stereocenters. The van der Waals surface area contributed by atoms with Crippen LogP contribution in [0.1, 0.15) is 11.1 Å². The van der Waals surface area contributed by atoms with Crippen LogP contribution in [0.15, 0.2) is 88.0 Å². The van der Waals surface area contributed by atoms with E-state index < -0.39 is 12.6 Å². The minimum Gasteiger partial charge on any atom is -0.482 e. The lowest BCUT2D eigenvalue weighted by Crippen LogP contribution is -2.09. The van der Waals surface area contributed by atoms with Crippen molar-refractivity contribution < 1.29 is 23.5 Å². The van der Waals surface area contributed by atoms with Crippen LogP contribution in [0.2, 0.25) is 0 Å². The predicted molar refractivity (Wildman–Crippen MR) is 131 cm³/mol. The van der Waals surface area contributed by atoms with E-state index in [-0.39, 0.29) is 0 Å². The molecule has 0 aliphatic rings. The van der Waals surface area contributed by atoms with Gasteiger partial charge in [-0.1, -0.05) is 71.8 Å². The molecule has 0 bridgehead atoms. The van der Waals surface area contributed by atoms with Gasteiger partial charge >= 0.3 is 5.97 Å². The standard InChI is InChI=1S/C28H22N2O5/c1-17-6-10-19(11-7-17)24-27(20-12-8-18(2)9-13-20)35-28(30-24)25-26(34-16-29-25)21-4-3-5-22(14-21)33-15-23(31)32/h3-14,16H,15H2,1-2H3,(H,31,32). The van der Waals surface area contributed by atoms with Gasteiger partial charge in [0.15, 0.2) is 30.2 Å². The Hall–Kier alpha value is -4.65. The maximum absolute atomic E-state index is 10.9. The Kier molecular flexibility index (Phi) is 5.89. The van der Waals surface area contributed by atoms with Gasteiger partial charge in [0.2, 0.25) is 5.89 Å². The van der Waals surface area contributed by atoms with Gasteiger partial charge in [-0.15, -0.1) is 0 Å². The number of aliphatic carboxylic acids is 1. The van der Waals surface area contributed by atoms with E-state index in [2.05, 4.69) is 4.98 Å². The van der Waals surface area contributed by atoms with Gasteiger partial charge in [0, 0.05) is 16.7 Å². The predicted octanol–water partition coefficient (Wildman–Crippen LogP) is 6.41. The Morgan fingerprint density at radius 1 is 0.857 bits per heavy atom. The van der Waals surface area contributed by atoms with Crippen LogP contribution in [-0.2, 0) is 4.79 Å². The minimum absolute atomic E-state index is 0.316. The van der Waals surface area contributed by atoms with Gasteiger partial charge in [-0.05, 0) is 26.0 Å². The molecule has 1 N–H and O–H groups in total. The van der Waals surface area contributed by atoms with Crippen molar-refractivity contribution in [3.05, 3.63) is 90.3 Å². The SMILES string of the molecule is Cc1ccc(-c2nc(-c3ncoc3-c3cccc(OCC(=O)O)c3)oc2-c2ccc(C)cc2)cc1. The van der Waals surface area contributed by atoms with E-state index in [4.69, 9.17) is 23.7 Å². The van der Waals surface area contributed by atoms with Gasteiger partial charge in [0.1, 0.15) is 11.4 Å². The van der Waals surface area contributed by atoms with Crippen molar-refractivity contribution in [2.45, 2.75) is 13.8 Å². The molecular formula is C28H22N2O5. The van der Waals surface area contributed by atoms with Crippen LogP contribution in [0.25, 0.3) is 45.5 Å². The second-order valence-electron chi connectivity index (χ2n) is 8.17. The molecule has 174 valence electrons. The second-order valence-corrected chi connectivity index (χ2v) is 8.17. The van der Waals surface area contributed by atoms with Crippen LogP contribution in [0.4, 0.5) is 0 Å². The molecule has 2 heterocycles. The fourth-order valence-electron chi connectivity index (χ4n) is 3.70. The highest BCUT2D eigenvalue weighted by molar-refractivity contribution is 5.81. The minimum atomic E-state index is -1.05. The zero-order valence-electron chi connectivity index (χ0n) is 19.2. The van der Waals surface area contributed by atoms with Crippen LogP contribution in [0, 0.1) is 13.8 Å². The summed E-state index contributed by atoms with van der Waals surface area (Å²) in [5.74, 6) is 0.745. The molecular weight excluding hydrogens is 444 g/mol. The molecule has 3 aromatic carbocycles. The van der Waals surface area contributed by atoms with Gasteiger partial charge in [-0.25, -0.2) is 14.8 Å². The number of oxazole rings is 2. The number of hydrogen-bond donors (Lipinski definition) is 1. The molecule has 7 heteroatoms. The molecule has 0 saturated carbocycles. The summed E-state index contributed by atoms with van der Waals surface area (Å²) >= 11 is 0. The van der Waals surface area contributed by atoms with E-state index in [9.17, 15) is 4.79 Å². The first-order valence-electron chi connectivity index (χ1n) is 11.0. The van der Waals surface area contributed by atoms with E-state index in [1.165, 1.54) is 6.39 Å². The Bertz CT molecular complexity index is 1420. The van der Waals surface area contributed by atoms with E-state index in [0.29, 0.717) is 40.1 Å². The number of benzene rings is 3. The molecule has 7 nitrogen and oxygen atoms in total. The molecule has 5 rings (SSSR count). The van der Waals surface area contributed by atoms with Gasteiger partial charge in [0.05, 0.1) is 0 Å². The van der Waals surface area contributed by atoms with Gasteiger partial charge in [-0.3, -0.25) is 0 Å². The Labute approximate surface area is 201 Å². The van der Waals surface area contributed by atoms with Crippen molar-refractivity contribution in [2.24, 2.45) is 0 Å². The molecule has 0 radical (unpaired) electrons.